The molecule has 0 bridgehead atoms. The first-order chi connectivity index (χ1) is 12.0. The molecular formula is C23H36N2. The van der Waals surface area contributed by atoms with Crippen LogP contribution in [0.3, 0.4) is 0 Å². The summed E-state index contributed by atoms with van der Waals surface area (Å²) in [6.45, 7) is 9.78. The monoisotopic (exact) mass is 340 g/mol. The molecule has 1 heterocycles. The van der Waals surface area contributed by atoms with E-state index in [0.29, 0.717) is 0 Å². The van der Waals surface area contributed by atoms with Crippen molar-refractivity contribution in [3.8, 4) is 0 Å². The molecule has 1 unspecified atom stereocenters. The van der Waals surface area contributed by atoms with Gasteiger partial charge in [0.25, 0.3) is 0 Å². The van der Waals surface area contributed by atoms with Crippen molar-refractivity contribution in [2.45, 2.75) is 90.0 Å². The Balaban J connectivity index is 1.50. The van der Waals surface area contributed by atoms with E-state index in [0.717, 1.165) is 17.9 Å². The van der Waals surface area contributed by atoms with E-state index in [1.807, 2.05) is 0 Å². The fraction of sp³-hybridized carbons (Fsp3) is 0.783. The number of fused-ring (bicyclic) bond motifs is 1. The van der Waals surface area contributed by atoms with Crippen molar-refractivity contribution in [2.75, 3.05) is 13.1 Å². The molecule has 1 aromatic rings. The lowest BCUT2D eigenvalue weighted by atomic mass is 9.79. The highest BCUT2D eigenvalue weighted by Crippen LogP contribution is 2.37. The fourth-order valence-corrected chi connectivity index (χ4v) is 4.69. The minimum absolute atomic E-state index is 0.255. The number of nitrogens with zero attached hydrogens (tertiary/aromatic N) is 2. The first-order valence-electron chi connectivity index (χ1n) is 10.8. The molecule has 2 heteroatoms. The Morgan fingerprint density at radius 1 is 1.08 bits per heavy atom. The Bertz CT molecular complexity index is 584. The first-order valence-corrected chi connectivity index (χ1v) is 10.8. The zero-order valence-electron chi connectivity index (χ0n) is 16.6. The normalized spacial score (nSPS) is 23.8. The van der Waals surface area contributed by atoms with Gasteiger partial charge in [-0.25, -0.2) is 0 Å². The fourth-order valence-electron chi connectivity index (χ4n) is 4.69. The summed E-state index contributed by atoms with van der Waals surface area (Å²) in [4.78, 5) is 7.77. The Labute approximate surface area is 154 Å². The molecule has 138 valence electrons. The van der Waals surface area contributed by atoms with Gasteiger partial charge in [0, 0.05) is 31.0 Å². The molecule has 25 heavy (non-hydrogen) atoms. The maximum absolute atomic E-state index is 4.89. The number of aryl methyl sites for hydroxylation is 1. The van der Waals surface area contributed by atoms with Gasteiger partial charge in [-0.2, -0.15) is 0 Å². The van der Waals surface area contributed by atoms with E-state index in [9.17, 15) is 0 Å². The van der Waals surface area contributed by atoms with E-state index in [-0.39, 0.29) is 5.41 Å². The lowest BCUT2D eigenvalue weighted by Gasteiger charge is -2.36. The first kappa shape index (κ1) is 17.5. The maximum atomic E-state index is 4.89. The summed E-state index contributed by atoms with van der Waals surface area (Å²) in [7, 11) is 0. The second-order valence-electron chi connectivity index (χ2n) is 9.70. The molecule has 2 fully saturated rings. The molecule has 1 aromatic heterocycles. The van der Waals surface area contributed by atoms with Crippen LogP contribution >= 0.6 is 0 Å². The number of hydrogen-bond donors (Lipinski definition) is 0. The third kappa shape index (κ3) is 4.27. The molecule has 3 aliphatic rings. The van der Waals surface area contributed by atoms with Crippen LogP contribution in [0.25, 0.3) is 0 Å². The molecule has 0 aromatic carbocycles. The van der Waals surface area contributed by atoms with E-state index in [2.05, 4.69) is 37.9 Å². The molecule has 1 atom stereocenters. The largest absolute Gasteiger partial charge is 0.299 e. The molecule has 0 spiro atoms. The summed E-state index contributed by atoms with van der Waals surface area (Å²) < 4.78 is 0. The summed E-state index contributed by atoms with van der Waals surface area (Å²) in [6, 6.07) is 3.27. The molecule has 4 rings (SSSR count). The van der Waals surface area contributed by atoms with E-state index in [4.69, 9.17) is 4.98 Å². The van der Waals surface area contributed by atoms with Crippen LogP contribution in [-0.4, -0.2) is 29.0 Å². The van der Waals surface area contributed by atoms with Crippen LogP contribution in [0.15, 0.2) is 12.3 Å². The van der Waals surface area contributed by atoms with Crippen molar-refractivity contribution < 1.29 is 0 Å². The van der Waals surface area contributed by atoms with Gasteiger partial charge in [0.15, 0.2) is 0 Å². The molecule has 0 amide bonds. The minimum Gasteiger partial charge on any atom is -0.299 e. The Hall–Kier alpha value is -0.890. The smallest absolute Gasteiger partial charge is 0.0436 e. The summed E-state index contributed by atoms with van der Waals surface area (Å²) >= 11 is 0. The highest BCUT2D eigenvalue weighted by molar-refractivity contribution is 5.32. The predicted octanol–water partition coefficient (Wildman–Crippen LogP) is 5.14. The summed E-state index contributed by atoms with van der Waals surface area (Å²) in [6.07, 6.45) is 14.3. The van der Waals surface area contributed by atoms with Gasteiger partial charge in [-0.05, 0) is 79.7 Å². The van der Waals surface area contributed by atoms with Gasteiger partial charge < -0.3 is 0 Å². The van der Waals surface area contributed by atoms with Crippen LogP contribution in [0.4, 0.5) is 0 Å². The van der Waals surface area contributed by atoms with Crippen molar-refractivity contribution in [3.63, 3.8) is 0 Å². The Morgan fingerprint density at radius 2 is 1.76 bits per heavy atom. The second-order valence-corrected chi connectivity index (χ2v) is 9.70. The van der Waals surface area contributed by atoms with Crippen LogP contribution in [0.1, 0.15) is 82.5 Å². The van der Waals surface area contributed by atoms with Crippen molar-refractivity contribution in [3.05, 3.63) is 29.1 Å². The number of hydrogen-bond acceptors (Lipinski definition) is 2. The third-order valence-corrected chi connectivity index (χ3v) is 6.78. The van der Waals surface area contributed by atoms with Crippen molar-refractivity contribution in [1.29, 1.82) is 0 Å². The average molecular weight is 341 g/mol. The molecule has 2 saturated carbocycles. The predicted molar refractivity (Wildman–Crippen MR) is 105 cm³/mol. The molecule has 3 aliphatic carbocycles. The van der Waals surface area contributed by atoms with Crippen molar-refractivity contribution in [1.82, 2.24) is 9.88 Å². The molecule has 0 aliphatic heterocycles. The van der Waals surface area contributed by atoms with E-state index in [1.165, 1.54) is 82.1 Å². The van der Waals surface area contributed by atoms with Gasteiger partial charge in [0.2, 0.25) is 0 Å². The zero-order valence-corrected chi connectivity index (χ0v) is 16.6. The maximum Gasteiger partial charge on any atom is 0.0436 e. The second kappa shape index (κ2) is 7.02. The van der Waals surface area contributed by atoms with Gasteiger partial charge >= 0.3 is 0 Å². The molecule has 2 nitrogen and oxygen atoms in total. The summed E-state index contributed by atoms with van der Waals surface area (Å²) in [5, 5.41) is 0. The highest BCUT2D eigenvalue weighted by Gasteiger charge is 2.34. The lowest BCUT2D eigenvalue weighted by Crippen LogP contribution is -2.42. The average Bonchev–Trinajstić information content (AvgIpc) is 3.49. The van der Waals surface area contributed by atoms with Gasteiger partial charge in [-0.1, -0.05) is 33.3 Å². The van der Waals surface area contributed by atoms with E-state index >= 15 is 0 Å². The number of aromatic nitrogens is 1. The topological polar surface area (TPSA) is 16.1 Å². The molecule has 0 radical (unpaired) electrons. The zero-order chi connectivity index (χ0) is 17.4. The van der Waals surface area contributed by atoms with Crippen LogP contribution in [0, 0.1) is 11.8 Å². The van der Waals surface area contributed by atoms with Gasteiger partial charge in [0.05, 0.1) is 0 Å². The number of rotatable bonds is 8. The number of pyridine rings is 1. The third-order valence-electron chi connectivity index (χ3n) is 6.78. The van der Waals surface area contributed by atoms with E-state index in [1.54, 1.807) is 5.56 Å². The van der Waals surface area contributed by atoms with Gasteiger partial charge in [0.1, 0.15) is 0 Å². The van der Waals surface area contributed by atoms with Crippen LogP contribution in [0.5, 0.6) is 0 Å². The van der Waals surface area contributed by atoms with Gasteiger partial charge in [-0.15, -0.1) is 0 Å². The molecular weight excluding hydrogens is 304 g/mol. The molecule has 0 saturated heterocycles. The van der Waals surface area contributed by atoms with E-state index < -0.39 is 0 Å². The Kier molecular flexibility index (Phi) is 4.92. The quantitative estimate of drug-likeness (QED) is 0.651. The van der Waals surface area contributed by atoms with Crippen LogP contribution < -0.4 is 0 Å². The SMILES string of the molecule is CCCC(C)(C)c1cnc2c(c1)CC(N(CC1CC1)CC1CC1)CC2. The molecule has 0 N–H and O–H groups in total. The van der Waals surface area contributed by atoms with Crippen molar-refractivity contribution >= 4 is 0 Å². The Morgan fingerprint density at radius 3 is 2.36 bits per heavy atom. The van der Waals surface area contributed by atoms with Gasteiger partial charge in [-0.3, -0.25) is 9.88 Å². The lowest BCUT2D eigenvalue weighted by molar-refractivity contribution is 0.164. The van der Waals surface area contributed by atoms with Crippen molar-refractivity contribution in [2.24, 2.45) is 11.8 Å². The minimum atomic E-state index is 0.255. The standard InChI is InChI=1S/C23H36N2/c1-4-11-23(2,3)20-12-19-13-21(9-10-22(19)24-14-20)25(15-17-5-6-17)16-18-7-8-18/h12,14,17-18,21H,4-11,13,15-16H2,1-3H3. The highest BCUT2D eigenvalue weighted by atomic mass is 15.2. The summed E-state index contributed by atoms with van der Waals surface area (Å²) in [5.74, 6) is 2.01. The van der Waals surface area contributed by atoms with Crippen LogP contribution in [-0.2, 0) is 18.3 Å². The van der Waals surface area contributed by atoms with Crippen LogP contribution in [0.2, 0.25) is 0 Å². The summed E-state index contributed by atoms with van der Waals surface area (Å²) in [5.41, 5.74) is 4.63.